The lowest BCUT2D eigenvalue weighted by Gasteiger charge is -2.27. The standard InChI is InChI=1S/C16H26N2O2/c1-13-7-5-6-8-14(13)9-11-18(12-10-17)15(19)20-16(2,3)4/h5-8H,9-12,17H2,1-4H3. The summed E-state index contributed by atoms with van der Waals surface area (Å²) in [4.78, 5) is 13.8. The minimum absolute atomic E-state index is 0.295. The Bertz CT molecular complexity index is 438. The highest BCUT2D eigenvalue weighted by Gasteiger charge is 2.21. The van der Waals surface area contributed by atoms with Crippen LogP contribution in [0.25, 0.3) is 0 Å². The summed E-state index contributed by atoms with van der Waals surface area (Å²) >= 11 is 0. The van der Waals surface area contributed by atoms with Gasteiger partial charge < -0.3 is 15.4 Å². The Kier molecular flexibility index (Phi) is 6.02. The summed E-state index contributed by atoms with van der Waals surface area (Å²) in [7, 11) is 0. The molecule has 0 fully saturated rings. The largest absolute Gasteiger partial charge is 0.444 e. The number of carbonyl (C=O) groups excluding carboxylic acids is 1. The van der Waals surface area contributed by atoms with Crippen molar-refractivity contribution in [3.05, 3.63) is 35.4 Å². The average Bonchev–Trinajstić information content (AvgIpc) is 2.34. The third kappa shape index (κ3) is 5.61. The molecule has 0 saturated carbocycles. The molecule has 4 nitrogen and oxygen atoms in total. The molecule has 1 amide bonds. The van der Waals surface area contributed by atoms with Gasteiger partial charge in [0.05, 0.1) is 0 Å². The summed E-state index contributed by atoms with van der Waals surface area (Å²) in [5, 5.41) is 0. The molecule has 1 aromatic carbocycles. The second-order valence-electron chi connectivity index (χ2n) is 5.93. The van der Waals surface area contributed by atoms with Crippen LogP contribution in [-0.2, 0) is 11.2 Å². The van der Waals surface area contributed by atoms with E-state index in [0.29, 0.717) is 19.6 Å². The van der Waals surface area contributed by atoms with Crippen LogP contribution in [0.3, 0.4) is 0 Å². The molecular weight excluding hydrogens is 252 g/mol. The Morgan fingerprint density at radius 1 is 1.25 bits per heavy atom. The molecule has 0 spiro atoms. The highest BCUT2D eigenvalue weighted by Crippen LogP contribution is 2.12. The van der Waals surface area contributed by atoms with Crippen LogP contribution in [0, 0.1) is 6.92 Å². The lowest BCUT2D eigenvalue weighted by atomic mass is 10.1. The van der Waals surface area contributed by atoms with Crippen molar-refractivity contribution in [2.45, 2.75) is 39.7 Å². The predicted octanol–water partition coefficient (Wildman–Crippen LogP) is 2.73. The Balaban J connectivity index is 2.63. The Labute approximate surface area is 121 Å². The van der Waals surface area contributed by atoms with Gasteiger partial charge in [-0.2, -0.15) is 0 Å². The predicted molar refractivity (Wildman–Crippen MR) is 81.7 cm³/mol. The Hall–Kier alpha value is -1.55. The maximum Gasteiger partial charge on any atom is 0.410 e. The number of benzene rings is 1. The van der Waals surface area contributed by atoms with Crippen LogP contribution in [0.1, 0.15) is 31.9 Å². The van der Waals surface area contributed by atoms with Crippen LogP contribution in [0.15, 0.2) is 24.3 Å². The van der Waals surface area contributed by atoms with Gasteiger partial charge >= 0.3 is 6.09 Å². The average molecular weight is 278 g/mol. The van der Waals surface area contributed by atoms with E-state index in [-0.39, 0.29) is 6.09 Å². The van der Waals surface area contributed by atoms with Gasteiger partial charge in [0.25, 0.3) is 0 Å². The Morgan fingerprint density at radius 3 is 2.45 bits per heavy atom. The van der Waals surface area contributed by atoms with Crippen LogP contribution >= 0.6 is 0 Å². The molecule has 2 N–H and O–H groups in total. The van der Waals surface area contributed by atoms with E-state index in [1.807, 2.05) is 32.9 Å². The molecule has 1 rings (SSSR count). The van der Waals surface area contributed by atoms with Crippen molar-refractivity contribution in [1.29, 1.82) is 0 Å². The molecule has 0 aromatic heterocycles. The van der Waals surface area contributed by atoms with Crippen LogP contribution in [0.5, 0.6) is 0 Å². The number of rotatable bonds is 5. The number of amides is 1. The summed E-state index contributed by atoms with van der Waals surface area (Å²) in [5.74, 6) is 0. The van der Waals surface area contributed by atoms with Gasteiger partial charge in [-0.3, -0.25) is 0 Å². The molecule has 20 heavy (non-hydrogen) atoms. The zero-order chi connectivity index (χ0) is 15.2. The van der Waals surface area contributed by atoms with Gasteiger partial charge in [-0.15, -0.1) is 0 Å². The molecular formula is C16H26N2O2. The first-order chi connectivity index (χ1) is 9.33. The van der Waals surface area contributed by atoms with Crippen molar-refractivity contribution in [2.24, 2.45) is 5.73 Å². The number of nitrogens with zero attached hydrogens (tertiary/aromatic N) is 1. The van der Waals surface area contributed by atoms with E-state index < -0.39 is 5.60 Å². The number of carbonyl (C=O) groups is 1. The minimum atomic E-state index is -0.480. The van der Waals surface area contributed by atoms with Crippen LogP contribution < -0.4 is 5.73 Å². The third-order valence-corrected chi connectivity index (χ3v) is 2.96. The van der Waals surface area contributed by atoms with Crippen LogP contribution in [-0.4, -0.2) is 36.2 Å². The molecule has 0 aliphatic rings. The smallest absolute Gasteiger partial charge is 0.410 e. The fourth-order valence-corrected chi connectivity index (χ4v) is 1.92. The van der Waals surface area contributed by atoms with E-state index in [0.717, 1.165) is 6.42 Å². The molecule has 0 radical (unpaired) electrons. The van der Waals surface area contributed by atoms with E-state index in [2.05, 4.69) is 19.1 Å². The van der Waals surface area contributed by atoms with E-state index in [4.69, 9.17) is 10.5 Å². The first-order valence-electron chi connectivity index (χ1n) is 7.06. The first kappa shape index (κ1) is 16.5. The molecule has 0 bridgehead atoms. The summed E-state index contributed by atoms with van der Waals surface area (Å²) < 4.78 is 5.40. The number of hydrogen-bond donors (Lipinski definition) is 1. The first-order valence-corrected chi connectivity index (χ1v) is 7.06. The van der Waals surface area contributed by atoms with Gasteiger partial charge in [0.2, 0.25) is 0 Å². The maximum absolute atomic E-state index is 12.1. The number of nitrogens with two attached hydrogens (primary N) is 1. The van der Waals surface area contributed by atoms with Crippen molar-refractivity contribution < 1.29 is 9.53 Å². The number of ether oxygens (including phenoxy) is 1. The highest BCUT2D eigenvalue weighted by atomic mass is 16.6. The van der Waals surface area contributed by atoms with Gasteiger partial charge in [0.15, 0.2) is 0 Å². The fourth-order valence-electron chi connectivity index (χ4n) is 1.92. The van der Waals surface area contributed by atoms with E-state index in [9.17, 15) is 4.79 Å². The SMILES string of the molecule is Cc1ccccc1CCN(CCN)C(=O)OC(C)(C)C. The third-order valence-electron chi connectivity index (χ3n) is 2.96. The van der Waals surface area contributed by atoms with Crippen LogP contribution in [0.4, 0.5) is 4.79 Å². The normalized spacial score (nSPS) is 11.2. The molecule has 0 unspecified atom stereocenters. The summed E-state index contributed by atoms with van der Waals surface area (Å²) in [6, 6.07) is 8.20. The van der Waals surface area contributed by atoms with Crippen molar-refractivity contribution in [2.75, 3.05) is 19.6 Å². The Morgan fingerprint density at radius 2 is 1.90 bits per heavy atom. The summed E-state index contributed by atoms with van der Waals surface area (Å²) in [6.07, 6.45) is 0.517. The molecule has 0 saturated heterocycles. The van der Waals surface area contributed by atoms with Crippen molar-refractivity contribution in [1.82, 2.24) is 4.90 Å². The van der Waals surface area contributed by atoms with Crippen molar-refractivity contribution >= 4 is 6.09 Å². The van der Waals surface area contributed by atoms with Crippen molar-refractivity contribution in [3.8, 4) is 0 Å². The molecule has 0 aliphatic carbocycles. The number of hydrogen-bond acceptors (Lipinski definition) is 3. The zero-order valence-electron chi connectivity index (χ0n) is 13.0. The molecule has 4 heteroatoms. The fraction of sp³-hybridized carbons (Fsp3) is 0.562. The van der Waals surface area contributed by atoms with Gasteiger partial charge in [0.1, 0.15) is 5.60 Å². The summed E-state index contributed by atoms with van der Waals surface area (Å²) in [6.45, 7) is 9.26. The lowest BCUT2D eigenvalue weighted by molar-refractivity contribution is 0.0257. The van der Waals surface area contributed by atoms with Gasteiger partial charge in [-0.1, -0.05) is 24.3 Å². The molecule has 1 aromatic rings. The second kappa shape index (κ2) is 7.29. The van der Waals surface area contributed by atoms with Crippen molar-refractivity contribution in [3.63, 3.8) is 0 Å². The molecule has 0 aliphatic heterocycles. The minimum Gasteiger partial charge on any atom is -0.444 e. The molecule has 112 valence electrons. The van der Waals surface area contributed by atoms with E-state index >= 15 is 0 Å². The lowest BCUT2D eigenvalue weighted by Crippen LogP contribution is -2.40. The van der Waals surface area contributed by atoms with E-state index in [1.165, 1.54) is 11.1 Å². The summed E-state index contributed by atoms with van der Waals surface area (Å²) in [5.41, 5.74) is 7.59. The van der Waals surface area contributed by atoms with E-state index in [1.54, 1.807) is 4.90 Å². The van der Waals surface area contributed by atoms with Gasteiger partial charge in [-0.25, -0.2) is 4.79 Å². The topological polar surface area (TPSA) is 55.6 Å². The monoisotopic (exact) mass is 278 g/mol. The zero-order valence-corrected chi connectivity index (χ0v) is 13.0. The second-order valence-corrected chi connectivity index (χ2v) is 5.93. The number of aryl methyl sites for hydroxylation is 1. The van der Waals surface area contributed by atoms with Crippen LogP contribution in [0.2, 0.25) is 0 Å². The maximum atomic E-state index is 12.1. The molecule has 0 heterocycles. The van der Waals surface area contributed by atoms with Gasteiger partial charge in [0, 0.05) is 19.6 Å². The quantitative estimate of drug-likeness (QED) is 0.901. The van der Waals surface area contributed by atoms with Gasteiger partial charge in [-0.05, 0) is 45.2 Å². The molecule has 0 atom stereocenters. The highest BCUT2D eigenvalue weighted by molar-refractivity contribution is 5.68.